The highest BCUT2D eigenvalue weighted by Crippen LogP contribution is 2.31. The van der Waals surface area contributed by atoms with Gasteiger partial charge in [-0.15, -0.1) is 0 Å². The summed E-state index contributed by atoms with van der Waals surface area (Å²) in [6.45, 7) is 4.21. The van der Waals surface area contributed by atoms with Crippen LogP contribution in [0.3, 0.4) is 0 Å². The molecule has 1 aromatic carbocycles. The SMILES string of the molecule is Cc1ccc2c(-c3cc(N)on3)c[nH]c2c1C. The molecule has 0 aliphatic carbocycles. The lowest BCUT2D eigenvalue weighted by molar-refractivity contribution is 0.439. The first-order valence-electron chi connectivity index (χ1n) is 5.46. The molecular formula is C13H13N3O. The highest BCUT2D eigenvalue weighted by atomic mass is 16.5. The molecule has 0 atom stereocenters. The Bertz CT molecular complexity index is 694. The van der Waals surface area contributed by atoms with Crippen LogP contribution in [-0.2, 0) is 0 Å². The highest BCUT2D eigenvalue weighted by Gasteiger charge is 2.12. The van der Waals surface area contributed by atoms with E-state index in [1.807, 2.05) is 6.20 Å². The molecule has 0 saturated carbocycles. The van der Waals surface area contributed by atoms with E-state index in [0.717, 1.165) is 22.2 Å². The van der Waals surface area contributed by atoms with Crippen LogP contribution in [0.5, 0.6) is 0 Å². The summed E-state index contributed by atoms with van der Waals surface area (Å²) < 4.78 is 4.91. The molecule has 0 amide bonds. The third-order valence-corrected chi connectivity index (χ3v) is 3.19. The quantitative estimate of drug-likeness (QED) is 0.671. The summed E-state index contributed by atoms with van der Waals surface area (Å²) in [5.41, 5.74) is 11.0. The number of nitrogens with two attached hydrogens (primary N) is 1. The van der Waals surface area contributed by atoms with E-state index in [4.69, 9.17) is 10.3 Å². The minimum Gasteiger partial charge on any atom is -0.368 e. The van der Waals surface area contributed by atoms with Gasteiger partial charge in [0.15, 0.2) is 0 Å². The molecule has 0 aliphatic rings. The number of nitrogen functional groups attached to an aromatic ring is 1. The number of nitrogens with zero attached hydrogens (tertiary/aromatic N) is 1. The molecular weight excluding hydrogens is 214 g/mol. The van der Waals surface area contributed by atoms with Crippen LogP contribution in [0.25, 0.3) is 22.2 Å². The molecule has 0 saturated heterocycles. The maximum atomic E-state index is 5.54. The number of H-pyrrole nitrogens is 1. The van der Waals surface area contributed by atoms with Crippen molar-refractivity contribution in [3.05, 3.63) is 35.5 Å². The van der Waals surface area contributed by atoms with Gasteiger partial charge < -0.3 is 15.2 Å². The number of hydrogen-bond donors (Lipinski definition) is 2. The summed E-state index contributed by atoms with van der Waals surface area (Å²) in [7, 11) is 0. The topological polar surface area (TPSA) is 67.8 Å². The Morgan fingerprint density at radius 1 is 1.29 bits per heavy atom. The Morgan fingerprint density at radius 3 is 2.82 bits per heavy atom. The maximum absolute atomic E-state index is 5.54. The molecule has 0 radical (unpaired) electrons. The van der Waals surface area contributed by atoms with Crippen LogP contribution in [-0.4, -0.2) is 10.1 Å². The third kappa shape index (κ3) is 1.41. The molecule has 4 heteroatoms. The lowest BCUT2D eigenvalue weighted by Crippen LogP contribution is -1.82. The van der Waals surface area contributed by atoms with Crippen molar-refractivity contribution in [1.29, 1.82) is 0 Å². The number of benzene rings is 1. The second kappa shape index (κ2) is 3.38. The zero-order chi connectivity index (χ0) is 12.0. The van der Waals surface area contributed by atoms with E-state index < -0.39 is 0 Å². The van der Waals surface area contributed by atoms with Crippen molar-refractivity contribution in [2.45, 2.75) is 13.8 Å². The van der Waals surface area contributed by atoms with Crippen molar-refractivity contribution < 1.29 is 4.52 Å². The van der Waals surface area contributed by atoms with Crippen molar-refractivity contribution in [3.63, 3.8) is 0 Å². The molecule has 0 aliphatic heterocycles. The fraction of sp³-hybridized carbons (Fsp3) is 0.154. The molecule has 86 valence electrons. The monoisotopic (exact) mass is 227 g/mol. The molecule has 2 heterocycles. The van der Waals surface area contributed by atoms with E-state index in [-0.39, 0.29) is 0 Å². The van der Waals surface area contributed by atoms with Crippen LogP contribution in [0.4, 0.5) is 5.88 Å². The second-order valence-electron chi connectivity index (χ2n) is 4.25. The van der Waals surface area contributed by atoms with Gasteiger partial charge in [0.2, 0.25) is 5.88 Å². The van der Waals surface area contributed by atoms with Crippen molar-refractivity contribution in [2.75, 3.05) is 5.73 Å². The van der Waals surface area contributed by atoms with Gasteiger partial charge in [-0.2, -0.15) is 0 Å². The molecule has 0 unspecified atom stereocenters. The average Bonchev–Trinajstić information content (AvgIpc) is 2.89. The summed E-state index contributed by atoms with van der Waals surface area (Å²) in [4.78, 5) is 3.28. The van der Waals surface area contributed by atoms with Crippen LogP contribution in [0.15, 0.2) is 28.9 Å². The van der Waals surface area contributed by atoms with E-state index in [2.05, 4.69) is 36.1 Å². The lowest BCUT2D eigenvalue weighted by atomic mass is 10.0. The van der Waals surface area contributed by atoms with Crippen LogP contribution in [0.2, 0.25) is 0 Å². The first-order valence-corrected chi connectivity index (χ1v) is 5.46. The summed E-state index contributed by atoms with van der Waals surface area (Å²) in [6.07, 6.45) is 1.94. The first-order chi connectivity index (χ1) is 8.16. The van der Waals surface area contributed by atoms with Gasteiger partial charge >= 0.3 is 0 Å². The Labute approximate surface area is 98.4 Å². The van der Waals surface area contributed by atoms with E-state index in [0.29, 0.717) is 5.88 Å². The summed E-state index contributed by atoms with van der Waals surface area (Å²) in [5, 5.41) is 5.08. The maximum Gasteiger partial charge on any atom is 0.222 e. The normalized spacial score (nSPS) is 11.2. The number of aromatic amines is 1. The van der Waals surface area contributed by atoms with Crippen molar-refractivity contribution in [1.82, 2.24) is 10.1 Å². The molecule has 3 aromatic rings. The third-order valence-electron chi connectivity index (χ3n) is 3.19. The standard InChI is InChI=1S/C13H13N3O/c1-7-3-4-9-10(6-15-13(9)8(7)2)11-5-12(14)17-16-11/h3-6,15H,14H2,1-2H3. The average molecular weight is 227 g/mol. The van der Waals surface area contributed by atoms with Gasteiger partial charge in [0, 0.05) is 28.7 Å². The van der Waals surface area contributed by atoms with Gasteiger partial charge in [0.05, 0.1) is 0 Å². The minimum absolute atomic E-state index is 0.332. The van der Waals surface area contributed by atoms with E-state index >= 15 is 0 Å². The Balaban J connectivity index is 2.29. The zero-order valence-electron chi connectivity index (χ0n) is 9.74. The number of nitrogens with one attached hydrogen (secondary N) is 1. The lowest BCUT2D eigenvalue weighted by Gasteiger charge is -2.01. The molecule has 0 fully saturated rings. The molecule has 4 nitrogen and oxygen atoms in total. The molecule has 3 N–H and O–H groups in total. The number of rotatable bonds is 1. The Hall–Kier alpha value is -2.23. The first kappa shape index (κ1) is 9.96. The number of fused-ring (bicyclic) bond motifs is 1. The van der Waals surface area contributed by atoms with Crippen LogP contribution < -0.4 is 5.73 Å². The molecule has 3 rings (SSSR count). The van der Waals surface area contributed by atoms with Crippen molar-refractivity contribution >= 4 is 16.8 Å². The highest BCUT2D eigenvalue weighted by molar-refractivity contribution is 5.96. The largest absolute Gasteiger partial charge is 0.368 e. The van der Waals surface area contributed by atoms with Crippen LogP contribution in [0, 0.1) is 13.8 Å². The van der Waals surface area contributed by atoms with E-state index in [9.17, 15) is 0 Å². The van der Waals surface area contributed by atoms with Crippen LogP contribution >= 0.6 is 0 Å². The van der Waals surface area contributed by atoms with Crippen molar-refractivity contribution in [3.8, 4) is 11.3 Å². The minimum atomic E-state index is 0.332. The molecule has 17 heavy (non-hydrogen) atoms. The predicted molar refractivity (Wildman–Crippen MR) is 67.7 cm³/mol. The summed E-state index contributed by atoms with van der Waals surface area (Å²) >= 11 is 0. The number of aromatic nitrogens is 2. The molecule has 2 aromatic heterocycles. The van der Waals surface area contributed by atoms with Gasteiger partial charge in [0.1, 0.15) is 5.69 Å². The molecule has 0 spiro atoms. The smallest absolute Gasteiger partial charge is 0.222 e. The van der Waals surface area contributed by atoms with E-state index in [1.54, 1.807) is 6.07 Å². The fourth-order valence-electron chi connectivity index (χ4n) is 2.08. The fourth-order valence-corrected chi connectivity index (χ4v) is 2.08. The van der Waals surface area contributed by atoms with Gasteiger partial charge in [0.25, 0.3) is 0 Å². The van der Waals surface area contributed by atoms with Crippen LogP contribution in [0.1, 0.15) is 11.1 Å². The summed E-state index contributed by atoms with van der Waals surface area (Å²) in [5.74, 6) is 0.332. The van der Waals surface area contributed by atoms with Gasteiger partial charge in [-0.1, -0.05) is 17.3 Å². The molecule has 0 bridgehead atoms. The summed E-state index contributed by atoms with van der Waals surface area (Å²) in [6, 6.07) is 5.94. The van der Waals surface area contributed by atoms with E-state index in [1.165, 1.54) is 11.1 Å². The Kier molecular flexibility index (Phi) is 1.98. The van der Waals surface area contributed by atoms with Crippen molar-refractivity contribution in [2.24, 2.45) is 0 Å². The van der Waals surface area contributed by atoms with Gasteiger partial charge in [-0.05, 0) is 25.0 Å². The number of hydrogen-bond acceptors (Lipinski definition) is 3. The second-order valence-corrected chi connectivity index (χ2v) is 4.25. The number of anilines is 1. The zero-order valence-corrected chi connectivity index (χ0v) is 9.74. The Morgan fingerprint density at radius 2 is 2.12 bits per heavy atom. The predicted octanol–water partition coefficient (Wildman–Crippen LogP) is 3.02. The van der Waals surface area contributed by atoms with Gasteiger partial charge in [-0.25, -0.2) is 0 Å². The number of aryl methyl sites for hydroxylation is 2. The van der Waals surface area contributed by atoms with Gasteiger partial charge in [-0.3, -0.25) is 0 Å².